The molecule has 0 radical (unpaired) electrons. The van der Waals surface area contributed by atoms with Gasteiger partial charge in [-0.1, -0.05) is 6.92 Å². The third-order valence-electron chi connectivity index (χ3n) is 4.30. The Bertz CT molecular complexity index is 670. The molecule has 21 heavy (non-hydrogen) atoms. The van der Waals surface area contributed by atoms with Crippen molar-refractivity contribution in [2.24, 2.45) is 5.92 Å². The van der Waals surface area contributed by atoms with E-state index in [0.29, 0.717) is 17.3 Å². The molecule has 1 fully saturated rings. The molecule has 2 unspecified atom stereocenters. The minimum Gasteiger partial charge on any atom is -0.323 e. The van der Waals surface area contributed by atoms with Gasteiger partial charge in [0.1, 0.15) is 17.2 Å². The van der Waals surface area contributed by atoms with Gasteiger partial charge in [-0.05, 0) is 32.0 Å². The second-order valence-electron chi connectivity index (χ2n) is 5.88. The fourth-order valence-electron chi connectivity index (χ4n) is 3.36. The maximum absolute atomic E-state index is 13.9. The molecule has 0 amide bonds. The van der Waals surface area contributed by atoms with E-state index in [1.165, 1.54) is 6.07 Å². The SMILES string of the molecule is CC1CN(C)CCC1n1c(CCl)nc2c(F)cc(F)cc21. The van der Waals surface area contributed by atoms with Crippen LogP contribution in [0.5, 0.6) is 0 Å². The van der Waals surface area contributed by atoms with Crippen molar-refractivity contribution in [3.63, 3.8) is 0 Å². The number of fused-ring (bicyclic) bond motifs is 1. The van der Waals surface area contributed by atoms with Gasteiger partial charge in [-0.25, -0.2) is 13.8 Å². The molecule has 1 saturated heterocycles. The van der Waals surface area contributed by atoms with Gasteiger partial charge >= 0.3 is 0 Å². The third kappa shape index (κ3) is 2.53. The van der Waals surface area contributed by atoms with Crippen molar-refractivity contribution < 1.29 is 8.78 Å². The van der Waals surface area contributed by atoms with E-state index < -0.39 is 11.6 Å². The maximum Gasteiger partial charge on any atom is 0.153 e. The number of benzene rings is 1. The first kappa shape index (κ1) is 14.7. The predicted molar refractivity (Wildman–Crippen MR) is 79.5 cm³/mol. The predicted octanol–water partition coefficient (Wildman–Crippen LogP) is 3.57. The lowest BCUT2D eigenvalue weighted by molar-refractivity contribution is 0.160. The van der Waals surface area contributed by atoms with Crippen molar-refractivity contribution in [2.45, 2.75) is 25.3 Å². The Balaban J connectivity index is 2.16. The number of rotatable bonds is 2. The van der Waals surface area contributed by atoms with E-state index in [1.54, 1.807) is 0 Å². The molecule has 3 rings (SSSR count). The Morgan fingerprint density at radius 2 is 2.14 bits per heavy atom. The molecule has 6 heteroatoms. The molecule has 114 valence electrons. The van der Waals surface area contributed by atoms with Gasteiger partial charge in [-0.3, -0.25) is 0 Å². The zero-order valence-corrected chi connectivity index (χ0v) is 12.9. The summed E-state index contributed by atoms with van der Waals surface area (Å²) in [7, 11) is 2.08. The molecule has 3 nitrogen and oxygen atoms in total. The van der Waals surface area contributed by atoms with Crippen LogP contribution in [0, 0.1) is 17.6 Å². The van der Waals surface area contributed by atoms with Crippen molar-refractivity contribution in [3.8, 4) is 0 Å². The van der Waals surface area contributed by atoms with Crippen LogP contribution in [0.2, 0.25) is 0 Å². The number of hydrogen-bond acceptors (Lipinski definition) is 2. The largest absolute Gasteiger partial charge is 0.323 e. The van der Waals surface area contributed by atoms with Crippen molar-refractivity contribution >= 4 is 22.6 Å². The van der Waals surface area contributed by atoms with E-state index in [4.69, 9.17) is 11.6 Å². The quantitative estimate of drug-likeness (QED) is 0.790. The molecule has 0 spiro atoms. The van der Waals surface area contributed by atoms with E-state index in [1.807, 2.05) is 4.57 Å². The second-order valence-corrected chi connectivity index (χ2v) is 6.15. The van der Waals surface area contributed by atoms with E-state index >= 15 is 0 Å². The first-order chi connectivity index (χ1) is 10.0. The van der Waals surface area contributed by atoms with Crippen LogP contribution in [-0.2, 0) is 5.88 Å². The summed E-state index contributed by atoms with van der Waals surface area (Å²) in [6.07, 6.45) is 0.922. The molecule has 1 aliphatic heterocycles. The highest BCUT2D eigenvalue weighted by Gasteiger charge is 2.29. The fourth-order valence-corrected chi connectivity index (χ4v) is 3.55. The average molecular weight is 314 g/mol. The van der Waals surface area contributed by atoms with E-state index in [-0.39, 0.29) is 17.4 Å². The smallest absolute Gasteiger partial charge is 0.153 e. The maximum atomic E-state index is 13.9. The molecule has 2 aromatic rings. The first-order valence-corrected chi connectivity index (χ1v) is 7.65. The summed E-state index contributed by atoms with van der Waals surface area (Å²) >= 11 is 5.98. The number of nitrogens with zero attached hydrogens (tertiary/aromatic N) is 3. The van der Waals surface area contributed by atoms with Crippen LogP contribution in [-0.4, -0.2) is 34.6 Å². The van der Waals surface area contributed by atoms with Gasteiger partial charge in [0.2, 0.25) is 0 Å². The summed E-state index contributed by atoms with van der Waals surface area (Å²) in [5, 5.41) is 0. The molecule has 1 aliphatic rings. The minimum atomic E-state index is -0.629. The molecule has 0 saturated carbocycles. The number of piperidine rings is 1. The summed E-state index contributed by atoms with van der Waals surface area (Å²) in [6, 6.07) is 2.39. The van der Waals surface area contributed by atoms with Gasteiger partial charge in [0.25, 0.3) is 0 Å². The number of likely N-dealkylation sites (tertiary alicyclic amines) is 1. The Morgan fingerprint density at radius 1 is 1.38 bits per heavy atom. The Morgan fingerprint density at radius 3 is 2.81 bits per heavy atom. The van der Waals surface area contributed by atoms with Gasteiger partial charge in [0.15, 0.2) is 5.82 Å². The Hall–Kier alpha value is -1.20. The van der Waals surface area contributed by atoms with Crippen molar-refractivity contribution in [3.05, 3.63) is 29.6 Å². The molecule has 1 aromatic heterocycles. The summed E-state index contributed by atoms with van der Waals surface area (Å²) in [5.74, 6) is -0.0417. The zero-order chi connectivity index (χ0) is 15.1. The highest BCUT2D eigenvalue weighted by molar-refractivity contribution is 6.16. The standard InChI is InChI=1S/C15H18ClF2N3/c1-9-8-20(2)4-3-12(9)21-13-6-10(17)5-11(18)15(13)19-14(21)7-16/h5-6,9,12H,3-4,7-8H2,1-2H3. The van der Waals surface area contributed by atoms with Crippen molar-refractivity contribution in [1.82, 2.24) is 14.5 Å². The number of hydrogen-bond donors (Lipinski definition) is 0. The van der Waals surface area contributed by atoms with Crippen LogP contribution in [0.15, 0.2) is 12.1 Å². The number of aromatic nitrogens is 2. The van der Waals surface area contributed by atoms with E-state index in [0.717, 1.165) is 25.6 Å². The minimum absolute atomic E-state index is 0.168. The molecule has 2 atom stereocenters. The summed E-state index contributed by atoms with van der Waals surface area (Å²) in [4.78, 5) is 6.54. The molecular weight excluding hydrogens is 296 g/mol. The summed E-state index contributed by atoms with van der Waals surface area (Å²) in [6.45, 7) is 4.05. The van der Waals surface area contributed by atoms with Crippen LogP contribution in [0.4, 0.5) is 8.78 Å². The lowest BCUT2D eigenvalue weighted by atomic mass is 9.93. The van der Waals surface area contributed by atoms with Gasteiger partial charge in [0.05, 0.1) is 11.4 Å². The Labute approximate surface area is 127 Å². The monoisotopic (exact) mass is 313 g/mol. The van der Waals surface area contributed by atoms with Gasteiger partial charge in [-0.15, -0.1) is 11.6 Å². The number of halogens is 3. The average Bonchev–Trinajstić information content (AvgIpc) is 2.77. The molecule has 0 bridgehead atoms. The lowest BCUT2D eigenvalue weighted by Gasteiger charge is -2.36. The van der Waals surface area contributed by atoms with Gasteiger partial charge in [0, 0.05) is 18.7 Å². The second kappa shape index (κ2) is 5.54. The first-order valence-electron chi connectivity index (χ1n) is 7.11. The molecular formula is C15H18ClF2N3. The van der Waals surface area contributed by atoms with Crippen LogP contribution in [0.3, 0.4) is 0 Å². The van der Waals surface area contributed by atoms with Crippen molar-refractivity contribution in [2.75, 3.05) is 20.1 Å². The summed E-state index contributed by atoms with van der Waals surface area (Å²) in [5.41, 5.74) is 0.711. The van der Waals surface area contributed by atoms with Gasteiger partial charge < -0.3 is 9.47 Å². The molecule has 1 aromatic carbocycles. The highest BCUT2D eigenvalue weighted by Crippen LogP contribution is 2.33. The van der Waals surface area contributed by atoms with E-state index in [9.17, 15) is 8.78 Å². The van der Waals surface area contributed by atoms with Gasteiger partial charge in [-0.2, -0.15) is 0 Å². The third-order valence-corrected chi connectivity index (χ3v) is 4.54. The number of alkyl halides is 1. The van der Waals surface area contributed by atoms with Crippen molar-refractivity contribution in [1.29, 1.82) is 0 Å². The summed E-state index contributed by atoms with van der Waals surface area (Å²) < 4.78 is 29.5. The Kier molecular flexibility index (Phi) is 3.88. The number of imidazole rings is 1. The fraction of sp³-hybridized carbons (Fsp3) is 0.533. The van der Waals surface area contributed by atoms with Crippen LogP contribution in [0.25, 0.3) is 11.0 Å². The lowest BCUT2D eigenvalue weighted by Crippen LogP contribution is -2.38. The zero-order valence-electron chi connectivity index (χ0n) is 12.1. The normalized spacial score (nSPS) is 23.9. The van der Waals surface area contributed by atoms with Crippen LogP contribution < -0.4 is 0 Å². The molecule has 0 aliphatic carbocycles. The topological polar surface area (TPSA) is 21.1 Å². The van der Waals surface area contributed by atoms with Crippen LogP contribution >= 0.6 is 11.6 Å². The highest BCUT2D eigenvalue weighted by atomic mass is 35.5. The molecule has 2 heterocycles. The van der Waals surface area contributed by atoms with Crippen LogP contribution in [0.1, 0.15) is 25.2 Å². The van der Waals surface area contributed by atoms with E-state index in [2.05, 4.69) is 23.9 Å². The molecule has 0 N–H and O–H groups in total.